The van der Waals surface area contributed by atoms with Gasteiger partial charge in [0, 0.05) is 16.4 Å². The van der Waals surface area contributed by atoms with Crippen LogP contribution in [0, 0.1) is 11.8 Å². The van der Waals surface area contributed by atoms with Gasteiger partial charge in [-0.05, 0) is 37.7 Å². The number of benzene rings is 1. The van der Waals surface area contributed by atoms with Crippen LogP contribution in [0.15, 0.2) is 24.3 Å². The molecule has 0 radical (unpaired) electrons. The summed E-state index contributed by atoms with van der Waals surface area (Å²) in [5.41, 5.74) is 1.48. The fourth-order valence-electron chi connectivity index (χ4n) is 3.60. The maximum absolute atomic E-state index is 12.9. The minimum absolute atomic E-state index is 0.0135. The summed E-state index contributed by atoms with van der Waals surface area (Å²) in [4.78, 5) is 30.4. The number of carbonyl (C=O) groups excluding carboxylic acids is 2. The zero-order chi connectivity index (χ0) is 18.0. The molecule has 1 aromatic carbocycles. The fourth-order valence-corrected chi connectivity index (χ4v) is 4.96. The van der Waals surface area contributed by atoms with E-state index in [9.17, 15) is 9.59 Å². The van der Waals surface area contributed by atoms with Gasteiger partial charge >= 0.3 is 0 Å². The van der Waals surface area contributed by atoms with Crippen LogP contribution in [-0.4, -0.2) is 17.1 Å². The molecule has 0 saturated heterocycles. The second kappa shape index (κ2) is 7.79. The van der Waals surface area contributed by atoms with E-state index in [0.717, 1.165) is 47.4 Å². The third-order valence-corrected chi connectivity index (χ3v) is 6.57. The first-order valence-electron chi connectivity index (χ1n) is 8.78. The summed E-state index contributed by atoms with van der Waals surface area (Å²) < 4.78 is 0. The highest BCUT2D eigenvalue weighted by Crippen LogP contribution is 2.38. The number of carbonyl (C=O) groups is 2. The second-order valence-electron chi connectivity index (χ2n) is 6.79. The molecule has 3 rings (SSSR count). The van der Waals surface area contributed by atoms with Crippen LogP contribution in [0.2, 0.25) is 5.02 Å². The number of aryl methyl sites for hydroxylation is 1. The molecule has 0 amide bonds. The summed E-state index contributed by atoms with van der Waals surface area (Å²) >= 11 is 7.81. The first-order valence-corrected chi connectivity index (χ1v) is 9.98. The highest BCUT2D eigenvalue weighted by atomic mass is 35.5. The average molecular weight is 376 g/mol. The van der Waals surface area contributed by atoms with Gasteiger partial charge in [0.2, 0.25) is 0 Å². The first kappa shape index (κ1) is 18.3. The molecule has 0 aliphatic heterocycles. The number of Topliss-reactive ketones (excluding diaryl/α,β-unsaturated/α-hetero) is 1. The fraction of sp³-hybridized carbons (Fsp3) is 0.450. The smallest absolute Gasteiger partial charge is 0.152 e. The molecule has 2 aromatic rings. The van der Waals surface area contributed by atoms with E-state index in [1.807, 2.05) is 31.2 Å². The largest absolute Gasteiger partial charge is 0.302 e. The molecule has 25 heavy (non-hydrogen) atoms. The van der Waals surface area contributed by atoms with Crippen molar-refractivity contribution in [2.45, 2.75) is 45.4 Å². The lowest BCUT2D eigenvalue weighted by molar-refractivity contribution is -0.127. The van der Waals surface area contributed by atoms with Crippen LogP contribution in [0.5, 0.6) is 0 Å². The van der Waals surface area contributed by atoms with Crippen molar-refractivity contribution in [1.29, 1.82) is 0 Å². The Morgan fingerprint density at radius 2 is 2.16 bits per heavy atom. The molecular formula is C20H22ClNO2S. The summed E-state index contributed by atoms with van der Waals surface area (Å²) in [5, 5.41) is 1.40. The number of hydrogen-bond acceptors (Lipinski definition) is 4. The van der Waals surface area contributed by atoms with Gasteiger partial charge in [-0.25, -0.2) is 4.98 Å². The van der Waals surface area contributed by atoms with Crippen molar-refractivity contribution in [3.05, 3.63) is 39.9 Å². The van der Waals surface area contributed by atoms with E-state index in [1.54, 1.807) is 0 Å². The Morgan fingerprint density at radius 1 is 1.40 bits per heavy atom. The molecule has 0 spiro atoms. The minimum Gasteiger partial charge on any atom is -0.302 e. The van der Waals surface area contributed by atoms with Crippen LogP contribution in [0.25, 0.3) is 10.6 Å². The number of nitrogens with zero attached hydrogens (tertiary/aromatic N) is 1. The van der Waals surface area contributed by atoms with Crippen molar-refractivity contribution in [2.75, 3.05) is 0 Å². The summed E-state index contributed by atoms with van der Waals surface area (Å²) in [6.07, 6.45) is 4.34. The Bertz CT molecular complexity index is 786. The lowest BCUT2D eigenvalue weighted by atomic mass is 9.89. The van der Waals surface area contributed by atoms with E-state index < -0.39 is 5.92 Å². The number of hydrogen-bond donors (Lipinski definition) is 0. The zero-order valence-electron chi connectivity index (χ0n) is 14.5. The summed E-state index contributed by atoms with van der Waals surface area (Å²) in [6.45, 7) is 4.19. The van der Waals surface area contributed by atoms with Gasteiger partial charge < -0.3 is 4.79 Å². The summed E-state index contributed by atoms with van der Waals surface area (Å²) in [6, 6.07) is 7.53. The highest BCUT2D eigenvalue weighted by Gasteiger charge is 2.35. The van der Waals surface area contributed by atoms with Crippen LogP contribution in [0.1, 0.15) is 49.6 Å². The van der Waals surface area contributed by atoms with Crippen molar-refractivity contribution < 1.29 is 9.59 Å². The maximum atomic E-state index is 12.9. The van der Waals surface area contributed by atoms with Gasteiger partial charge in [-0.1, -0.05) is 43.6 Å². The van der Waals surface area contributed by atoms with Gasteiger partial charge in [0.25, 0.3) is 0 Å². The van der Waals surface area contributed by atoms with Crippen LogP contribution in [0.3, 0.4) is 0 Å². The molecule has 0 N–H and O–H groups in total. The molecule has 0 bridgehead atoms. The van der Waals surface area contributed by atoms with Crippen molar-refractivity contribution >= 4 is 35.0 Å². The molecule has 1 aromatic heterocycles. The predicted molar refractivity (Wildman–Crippen MR) is 102 cm³/mol. The van der Waals surface area contributed by atoms with Gasteiger partial charge in [-0.3, -0.25) is 4.79 Å². The molecule has 1 aliphatic rings. The highest BCUT2D eigenvalue weighted by molar-refractivity contribution is 7.15. The van der Waals surface area contributed by atoms with Crippen LogP contribution < -0.4 is 0 Å². The van der Waals surface area contributed by atoms with E-state index in [1.165, 1.54) is 11.3 Å². The SMILES string of the molecule is CCc1sc(-c2ccccc2Cl)nc1C(C=O)C(=O)[C@@H]1CC[C@@H](C)C1. The van der Waals surface area contributed by atoms with E-state index in [0.29, 0.717) is 16.6 Å². The first-order chi connectivity index (χ1) is 12.0. The summed E-state index contributed by atoms with van der Waals surface area (Å²) in [7, 11) is 0. The van der Waals surface area contributed by atoms with Crippen molar-refractivity contribution in [3.8, 4) is 10.6 Å². The van der Waals surface area contributed by atoms with E-state index >= 15 is 0 Å². The van der Waals surface area contributed by atoms with E-state index in [2.05, 4.69) is 11.9 Å². The Kier molecular flexibility index (Phi) is 5.70. The van der Waals surface area contributed by atoms with Gasteiger partial charge in [-0.15, -0.1) is 11.3 Å². The molecule has 5 heteroatoms. The van der Waals surface area contributed by atoms with Gasteiger partial charge in [0.05, 0.1) is 10.7 Å². The predicted octanol–water partition coefficient (Wildman–Crippen LogP) is 5.31. The minimum atomic E-state index is -0.752. The van der Waals surface area contributed by atoms with Crippen LogP contribution in [0.4, 0.5) is 0 Å². The van der Waals surface area contributed by atoms with Crippen molar-refractivity contribution in [2.24, 2.45) is 11.8 Å². The zero-order valence-corrected chi connectivity index (χ0v) is 16.1. The second-order valence-corrected chi connectivity index (χ2v) is 8.28. The number of thiazole rings is 1. The normalized spacial score (nSPS) is 21.2. The number of halogens is 1. The molecule has 3 atom stereocenters. The number of aromatic nitrogens is 1. The Hall–Kier alpha value is -1.52. The quantitative estimate of drug-likeness (QED) is 0.507. The average Bonchev–Trinajstić information content (AvgIpc) is 3.22. The third-order valence-electron chi connectivity index (χ3n) is 4.99. The number of aldehydes is 1. The van der Waals surface area contributed by atoms with Gasteiger partial charge in [0.1, 0.15) is 17.2 Å². The molecule has 132 valence electrons. The third kappa shape index (κ3) is 3.70. The molecular weight excluding hydrogens is 354 g/mol. The molecule has 1 unspecified atom stereocenters. The molecule has 1 aliphatic carbocycles. The van der Waals surface area contributed by atoms with Crippen LogP contribution >= 0.6 is 22.9 Å². The molecule has 1 heterocycles. The van der Waals surface area contributed by atoms with E-state index in [-0.39, 0.29) is 11.7 Å². The lowest BCUT2D eigenvalue weighted by Crippen LogP contribution is -2.22. The summed E-state index contributed by atoms with van der Waals surface area (Å²) in [5.74, 6) is -0.177. The maximum Gasteiger partial charge on any atom is 0.152 e. The monoisotopic (exact) mass is 375 g/mol. The lowest BCUT2D eigenvalue weighted by Gasteiger charge is -2.14. The Morgan fingerprint density at radius 3 is 2.76 bits per heavy atom. The van der Waals surface area contributed by atoms with Crippen molar-refractivity contribution in [3.63, 3.8) is 0 Å². The standard InChI is InChI=1S/C20H22ClNO2S/c1-3-17-18(15(11-23)19(24)13-9-8-12(2)10-13)22-20(25-17)14-6-4-5-7-16(14)21/h4-7,11-13,15H,3,8-10H2,1-2H3/t12-,13-,15?/m1/s1. The Labute approximate surface area is 157 Å². The van der Waals surface area contributed by atoms with Gasteiger partial charge in [-0.2, -0.15) is 0 Å². The molecule has 3 nitrogen and oxygen atoms in total. The van der Waals surface area contributed by atoms with Gasteiger partial charge in [0.15, 0.2) is 5.78 Å². The number of ketones is 1. The molecule has 1 saturated carbocycles. The van der Waals surface area contributed by atoms with Crippen LogP contribution in [-0.2, 0) is 16.0 Å². The van der Waals surface area contributed by atoms with E-state index in [4.69, 9.17) is 11.6 Å². The van der Waals surface area contributed by atoms with Crippen molar-refractivity contribution in [1.82, 2.24) is 4.98 Å². The topological polar surface area (TPSA) is 47.0 Å². The molecule has 1 fully saturated rings. The number of rotatable bonds is 6. The Balaban J connectivity index is 1.96.